The van der Waals surface area contributed by atoms with E-state index >= 15 is 0 Å². The van der Waals surface area contributed by atoms with Crippen LogP contribution in [-0.2, 0) is 27.4 Å². The van der Waals surface area contributed by atoms with E-state index < -0.39 is 6.29 Å². The summed E-state index contributed by atoms with van der Waals surface area (Å²) in [7, 11) is 2.18. The summed E-state index contributed by atoms with van der Waals surface area (Å²) in [5, 5.41) is 17.9. The molecule has 0 aromatic heterocycles. The van der Waals surface area contributed by atoms with Crippen LogP contribution < -0.4 is 5.32 Å². The van der Waals surface area contributed by atoms with Crippen LogP contribution in [0.2, 0.25) is 0 Å². The maximum atomic E-state index is 13.0. The number of fused-ring (bicyclic) bond motifs is 2. The third kappa shape index (κ3) is 12.2. The van der Waals surface area contributed by atoms with Gasteiger partial charge in [0, 0.05) is 36.7 Å². The van der Waals surface area contributed by atoms with E-state index in [9.17, 15) is 9.90 Å². The van der Waals surface area contributed by atoms with Crippen molar-refractivity contribution in [2.75, 3.05) is 18.9 Å². The minimum absolute atomic E-state index is 0.00122. The van der Waals surface area contributed by atoms with Gasteiger partial charge in [0.15, 0.2) is 6.29 Å². The number of aliphatic hydroxyl groups is 1. The zero-order chi connectivity index (χ0) is 39.8. The zero-order valence-corrected chi connectivity index (χ0v) is 34.8. The first-order chi connectivity index (χ1) is 27.9. The van der Waals surface area contributed by atoms with Crippen molar-refractivity contribution >= 4 is 33.1 Å². The van der Waals surface area contributed by atoms with Gasteiger partial charge in [-0.25, -0.2) is 0 Å². The van der Waals surface area contributed by atoms with Crippen LogP contribution in [0.1, 0.15) is 138 Å². The fraction of sp³-hybridized carbons (Fsp3) is 0.471. The van der Waals surface area contributed by atoms with E-state index in [-0.39, 0.29) is 30.6 Å². The highest BCUT2D eigenvalue weighted by atomic mass is 16.7. The molecule has 5 aromatic rings. The van der Waals surface area contributed by atoms with E-state index in [1.165, 1.54) is 97.7 Å². The van der Waals surface area contributed by atoms with Crippen LogP contribution in [0.25, 0.3) is 21.5 Å². The Morgan fingerprint density at radius 1 is 0.684 bits per heavy atom. The molecule has 5 aromatic carbocycles. The molecule has 0 aliphatic carbocycles. The van der Waals surface area contributed by atoms with E-state index in [1.807, 2.05) is 36.4 Å². The minimum atomic E-state index is -0.613. The number of aliphatic hydroxyl groups excluding tert-OH is 1. The zero-order valence-electron chi connectivity index (χ0n) is 34.8. The van der Waals surface area contributed by atoms with Crippen LogP contribution in [0.4, 0.5) is 5.69 Å². The van der Waals surface area contributed by atoms with Gasteiger partial charge in [0.1, 0.15) is 0 Å². The number of amides is 1. The lowest BCUT2D eigenvalue weighted by Gasteiger charge is -2.42. The maximum absolute atomic E-state index is 13.0. The van der Waals surface area contributed by atoms with E-state index in [2.05, 4.69) is 97.8 Å². The van der Waals surface area contributed by atoms with Gasteiger partial charge in [-0.3, -0.25) is 9.69 Å². The third-order valence-corrected chi connectivity index (χ3v) is 11.9. The van der Waals surface area contributed by atoms with Gasteiger partial charge in [0.05, 0.1) is 18.8 Å². The van der Waals surface area contributed by atoms with Gasteiger partial charge in [-0.1, -0.05) is 176 Å². The molecule has 304 valence electrons. The number of carbonyl (C=O) groups excluding carboxylic acids is 1. The van der Waals surface area contributed by atoms with Crippen LogP contribution in [-0.4, -0.2) is 35.6 Å². The number of unbranched alkanes of at least 4 members (excludes halogenated alkanes) is 12. The SMILES string of the molecule is CCCCCCCCCCCCCCCC(=O)Nc1cccc(C2O[C@H](CN(C)Cc3c4ccccc4cc4ccccc34)[C@H](C)[C@H](c3ccc(CO)cc3)O2)c1. The van der Waals surface area contributed by atoms with Gasteiger partial charge in [-0.2, -0.15) is 0 Å². The second-order valence-corrected chi connectivity index (χ2v) is 16.5. The molecule has 2 N–H and O–H groups in total. The number of nitrogens with one attached hydrogen (secondary N) is 1. The van der Waals surface area contributed by atoms with Gasteiger partial charge in [0.25, 0.3) is 0 Å². The smallest absolute Gasteiger partial charge is 0.224 e. The monoisotopic (exact) mass is 771 g/mol. The van der Waals surface area contributed by atoms with Crippen molar-refractivity contribution in [1.82, 2.24) is 4.90 Å². The molecule has 1 unspecified atom stereocenters. The first kappa shape index (κ1) is 42.5. The van der Waals surface area contributed by atoms with Crippen LogP contribution >= 0.6 is 0 Å². The molecule has 0 saturated carbocycles. The van der Waals surface area contributed by atoms with E-state index in [0.717, 1.165) is 41.8 Å². The minimum Gasteiger partial charge on any atom is -0.392 e. The van der Waals surface area contributed by atoms with Gasteiger partial charge in [-0.15, -0.1) is 0 Å². The molecule has 0 spiro atoms. The molecule has 0 bridgehead atoms. The number of anilines is 1. The number of hydrogen-bond acceptors (Lipinski definition) is 5. The summed E-state index contributed by atoms with van der Waals surface area (Å²) in [5.74, 6) is 0.104. The Labute approximate surface area is 342 Å². The Balaban J connectivity index is 1.07. The highest BCUT2D eigenvalue weighted by molar-refractivity contribution is 6.02. The van der Waals surface area contributed by atoms with Crippen LogP contribution in [0.5, 0.6) is 0 Å². The summed E-state index contributed by atoms with van der Waals surface area (Å²) in [6.07, 6.45) is 16.3. The van der Waals surface area contributed by atoms with Gasteiger partial charge in [-0.05, 0) is 69.9 Å². The Morgan fingerprint density at radius 2 is 1.28 bits per heavy atom. The molecular formula is C51H66N2O4. The van der Waals surface area contributed by atoms with Crippen LogP contribution in [0, 0.1) is 5.92 Å². The van der Waals surface area contributed by atoms with Gasteiger partial charge in [0.2, 0.25) is 5.91 Å². The molecule has 6 nitrogen and oxygen atoms in total. The number of carbonyl (C=O) groups is 1. The highest BCUT2D eigenvalue weighted by Crippen LogP contribution is 2.42. The molecule has 6 rings (SSSR count). The average Bonchev–Trinajstić information content (AvgIpc) is 3.23. The van der Waals surface area contributed by atoms with Crippen molar-refractivity contribution in [1.29, 1.82) is 0 Å². The number of likely N-dealkylation sites (N-methyl/N-ethyl adjacent to an activating group) is 1. The molecule has 57 heavy (non-hydrogen) atoms. The summed E-state index contributed by atoms with van der Waals surface area (Å²) >= 11 is 0. The fourth-order valence-corrected chi connectivity index (χ4v) is 8.54. The lowest BCUT2D eigenvalue weighted by Crippen LogP contribution is -2.43. The highest BCUT2D eigenvalue weighted by Gasteiger charge is 2.39. The lowest BCUT2D eigenvalue weighted by molar-refractivity contribution is -0.276. The van der Waals surface area contributed by atoms with Crippen molar-refractivity contribution in [3.63, 3.8) is 0 Å². The van der Waals surface area contributed by atoms with Crippen molar-refractivity contribution in [2.24, 2.45) is 5.92 Å². The molecule has 1 heterocycles. The van der Waals surface area contributed by atoms with Crippen molar-refractivity contribution in [2.45, 2.75) is 135 Å². The largest absolute Gasteiger partial charge is 0.392 e. The predicted octanol–water partition coefficient (Wildman–Crippen LogP) is 12.8. The number of benzene rings is 5. The molecule has 6 heteroatoms. The maximum Gasteiger partial charge on any atom is 0.224 e. The Hall–Kier alpha value is -4.07. The first-order valence-electron chi connectivity index (χ1n) is 21.9. The molecule has 4 atom stereocenters. The molecule has 1 amide bonds. The number of nitrogens with zero attached hydrogens (tertiary/aromatic N) is 1. The summed E-state index contributed by atoms with van der Waals surface area (Å²) in [6.45, 7) is 5.97. The molecule has 1 fully saturated rings. The van der Waals surface area contributed by atoms with Crippen molar-refractivity contribution in [3.8, 4) is 0 Å². The van der Waals surface area contributed by atoms with Crippen molar-refractivity contribution < 1.29 is 19.4 Å². The summed E-state index contributed by atoms with van der Waals surface area (Å²) in [6, 6.07) is 35.6. The summed E-state index contributed by atoms with van der Waals surface area (Å²) < 4.78 is 13.6. The molecule has 1 aliphatic rings. The second-order valence-electron chi connectivity index (χ2n) is 16.5. The standard InChI is InChI=1S/C51H66N2O4/c1-4-5-6-7-8-9-10-11-12-13-14-15-16-28-49(55)52-44-25-21-24-43(34-44)51-56-48(38(2)50(57-51)40-31-29-39(37-54)30-32-40)36-53(3)35-47-45-26-19-17-22-41(45)33-42-23-18-20-27-46(42)47/h17-27,29-34,38,48,50-51,54H,4-16,28,35-37H2,1-3H3,(H,52,55)/t38-,48+,50+,51?/m0/s1. The van der Waals surface area contributed by atoms with Gasteiger partial charge < -0.3 is 19.9 Å². The Bertz CT molecular complexity index is 1920. The summed E-state index contributed by atoms with van der Waals surface area (Å²) in [4.78, 5) is 15.4. The number of hydrogen-bond donors (Lipinski definition) is 2. The Kier molecular flexibility index (Phi) is 16.6. The summed E-state index contributed by atoms with van der Waals surface area (Å²) in [5.41, 5.74) is 4.89. The van der Waals surface area contributed by atoms with Gasteiger partial charge >= 0.3 is 0 Å². The normalized spacial score (nSPS) is 18.4. The molecule has 1 aliphatic heterocycles. The second kappa shape index (κ2) is 22.2. The topological polar surface area (TPSA) is 71.0 Å². The van der Waals surface area contributed by atoms with Crippen molar-refractivity contribution in [3.05, 3.63) is 125 Å². The molecular weight excluding hydrogens is 705 g/mol. The average molecular weight is 771 g/mol. The third-order valence-electron chi connectivity index (χ3n) is 11.9. The van der Waals surface area contributed by atoms with E-state index in [0.29, 0.717) is 13.0 Å². The molecule has 0 radical (unpaired) electrons. The first-order valence-corrected chi connectivity index (χ1v) is 21.9. The van der Waals surface area contributed by atoms with E-state index in [4.69, 9.17) is 9.47 Å². The van der Waals surface area contributed by atoms with Crippen LogP contribution in [0.3, 0.4) is 0 Å². The van der Waals surface area contributed by atoms with E-state index in [1.54, 1.807) is 0 Å². The predicted molar refractivity (Wildman–Crippen MR) is 236 cm³/mol. The fourth-order valence-electron chi connectivity index (χ4n) is 8.54. The quantitative estimate of drug-likeness (QED) is 0.0542. The number of rotatable bonds is 22. The molecule has 1 saturated heterocycles. The Morgan fingerprint density at radius 3 is 1.89 bits per heavy atom. The number of ether oxygens (including phenoxy) is 2. The lowest BCUT2D eigenvalue weighted by atomic mass is 9.89. The van der Waals surface area contributed by atoms with Crippen LogP contribution in [0.15, 0.2) is 103 Å².